The van der Waals surface area contributed by atoms with Crippen LogP contribution in [0.25, 0.3) is 0 Å². The predicted octanol–water partition coefficient (Wildman–Crippen LogP) is 2.62. The maximum atomic E-state index is 11.3. The Kier molecular flexibility index (Phi) is 5.25. The SMILES string of the molecule is CCCCc1nnc(NC(=O)CCC)s1. The lowest BCUT2D eigenvalue weighted by Crippen LogP contribution is -2.10. The molecular weight excluding hydrogens is 210 g/mol. The van der Waals surface area contributed by atoms with Gasteiger partial charge in [0.25, 0.3) is 0 Å². The van der Waals surface area contributed by atoms with Gasteiger partial charge in [0.05, 0.1) is 0 Å². The molecule has 5 heteroatoms. The van der Waals surface area contributed by atoms with E-state index in [1.807, 2.05) is 6.92 Å². The number of anilines is 1. The van der Waals surface area contributed by atoms with E-state index in [2.05, 4.69) is 22.4 Å². The Balaban J connectivity index is 2.42. The van der Waals surface area contributed by atoms with Crippen LogP contribution in [0.4, 0.5) is 5.13 Å². The average molecular weight is 227 g/mol. The first-order valence-electron chi connectivity index (χ1n) is 5.38. The van der Waals surface area contributed by atoms with Gasteiger partial charge in [-0.2, -0.15) is 0 Å². The Morgan fingerprint density at radius 2 is 2.13 bits per heavy atom. The number of aryl methyl sites for hydroxylation is 1. The molecule has 0 atom stereocenters. The van der Waals surface area contributed by atoms with E-state index in [9.17, 15) is 4.79 Å². The molecule has 0 saturated heterocycles. The van der Waals surface area contributed by atoms with Crippen molar-refractivity contribution in [1.82, 2.24) is 10.2 Å². The fourth-order valence-corrected chi connectivity index (χ4v) is 1.94. The molecule has 4 nitrogen and oxygen atoms in total. The zero-order valence-electron chi connectivity index (χ0n) is 9.25. The molecule has 0 aliphatic heterocycles. The molecule has 1 aromatic rings. The van der Waals surface area contributed by atoms with E-state index in [0.717, 1.165) is 30.7 Å². The number of unbranched alkanes of at least 4 members (excludes halogenated alkanes) is 1. The molecule has 0 aromatic carbocycles. The van der Waals surface area contributed by atoms with Crippen molar-refractivity contribution in [3.05, 3.63) is 5.01 Å². The van der Waals surface area contributed by atoms with Gasteiger partial charge >= 0.3 is 0 Å². The molecule has 0 spiro atoms. The smallest absolute Gasteiger partial charge is 0.226 e. The van der Waals surface area contributed by atoms with Gasteiger partial charge in [0.1, 0.15) is 5.01 Å². The second-order valence-corrected chi connectivity index (χ2v) is 4.46. The molecule has 0 fully saturated rings. The Hall–Kier alpha value is -0.970. The summed E-state index contributed by atoms with van der Waals surface area (Å²) in [5, 5.41) is 12.3. The first-order valence-corrected chi connectivity index (χ1v) is 6.20. The minimum Gasteiger partial charge on any atom is -0.301 e. The monoisotopic (exact) mass is 227 g/mol. The Labute approximate surface area is 94.1 Å². The molecule has 1 aromatic heterocycles. The van der Waals surface area contributed by atoms with Gasteiger partial charge in [-0.15, -0.1) is 10.2 Å². The summed E-state index contributed by atoms with van der Waals surface area (Å²) in [6.45, 7) is 4.12. The maximum Gasteiger partial charge on any atom is 0.226 e. The van der Waals surface area contributed by atoms with Gasteiger partial charge in [0, 0.05) is 12.8 Å². The molecule has 0 bridgehead atoms. The highest BCUT2D eigenvalue weighted by Crippen LogP contribution is 2.17. The summed E-state index contributed by atoms with van der Waals surface area (Å²) < 4.78 is 0. The summed E-state index contributed by atoms with van der Waals surface area (Å²) in [5.41, 5.74) is 0. The molecule has 1 heterocycles. The molecule has 0 aliphatic rings. The van der Waals surface area contributed by atoms with E-state index in [1.54, 1.807) is 0 Å². The van der Waals surface area contributed by atoms with E-state index in [0.29, 0.717) is 11.6 Å². The van der Waals surface area contributed by atoms with Gasteiger partial charge in [0.2, 0.25) is 11.0 Å². The third-order valence-corrected chi connectivity index (χ3v) is 2.83. The maximum absolute atomic E-state index is 11.3. The molecule has 0 aliphatic carbocycles. The number of hydrogen-bond donors (Lipinski definition) is 1. The fraction of sp³-hybridized carbons (Fsp3) is 0.700. The number of carbonyl (C=O) groups excluding carboxylic acids is 1. The van der Waals surface area contributed by atoms with Crippen LogP contribution in [0.1, 0.15) is 44.5 Å². The first kappa shape index (κ1) is 12.1. The van der Waals surface area contributed by atoms with Gasteiger partial charge in [-0.05, 0) is 12.8 Å². The van der Waals surface area contributed by atoms with Crippen molar-refractivity contribution in [2.24, 2.45) is 0 Å². The molecule has 0 saturated carbocycles. The number of nitrogens with zero attached hydrogens (tertiary/aromatic N) is 2. The van der Waals surface area contributed by atoms with Crippen molar-refractivity contribution < 1.29 is 4.79 Å². The molecule has 1 amide bonds. The van der Waals surface area contributed by atoms with Gasteiger partial charge in [0.15, 0.2) is 0 Å². The Morgan fingerprint density at radius 3 is 2.80 bits per heavy atom. The topological polar surface area (TPSA) is 54.9 Å². The normalized spacial score (nSPS) is 10.3. The first-order chi connectivity index (χ1) is 7.26. The molecule has 15 heavy (non-hydrogen) atoms. The summed E-state index contributed by atoms with van der Waals surface area (Å²) in [7, 11) is 0. The molecular formula is C10H17N3OS. The lowest BCUT2D eigenvalue weighted by Gasteiger charge is -1.96. The summed E-state index contributed by atoms with van der Waals surface area (Å²) >= 11 is 1.47. The van der Waals surface area contributed by atoms with Crippen LogP contribution in [-0.4, -0.2) is 16.1 Å². The van der Waals surface area contributed by atoms with Gasteiger partial charge in [-0.1, -0.05) is 31.6 Å². The number of nitrogens with one attached hydrogen (secondary N) is 1. The van der Waals surface area contributed by atoms with Gasteiger partial charge < -0.3 is 5.32 Å². The average Bonchev–Trinajstić information content (AvgIpc) is 2.63. The van der Waals surface area contributed by atoms with Crippen molar-refractivity contribution in [3.8, 4) is 0 Å². The summed E-state index contributed by atoms with van der Waals surface area (Å²) in [4.78, 5) is 11.3. The third-order valence-electron chi connectivity index (χ3n) is 1.93. The Bertz CT molecular complexity index is 311. The quantitative estimate of drug-likeness (QED) is 0.812. The van der Waals surface area contributed by atoms with E-state index < -0.39 is 0 Å². The Morgan fingerprint density at radius 1 is 1.33 bits per heavy atom. The van der Waals surface area contributed by atoms with Crippen LogP contribution in [0, 0.1) is 0 Å². The minimum absolute atomic E-state index is 0.0238. The number of aromatic nitrogens is 2. The second-order valence-electron chi connectivity index (χ2n) is 3.40. The highest BCUT2D eigenvalue weighted by atomic mass is 32.1. The summed E-state index contributed by atoms with van der Waals surface area (Å²) in [5.74, 6) is 0.0238. The number of rotatable bonds is 6. The molecule has 0 radical (unpaired) electrons. The van der Waals surface area contributed by atoms with Crippen molar-refractivity contribution in [3.63, 3.8) is 0 Å². The second kappa shape index (κ2) is 6.50. The zero-order valence-corrected chi connectivity index (χ0v) is 10.1. The molecule has 1 rings (SSSR count). The van der Waals surface area contributed by atoms with Crippen LogP contribution in [0.5, 0.6) is 0 Å². The number of carbonyl (C=O) groups is 1. The highest BCUT2D eigenvalue weighted by molar-refractivity contribution is 7.15. The van der Waals surface area contributed by atoms with Crippen LogP contribution in [0.15, 0.2) is 0 Å². The largest absolute Gasteiger partial charge is 0.301 e. The molecule has 1 N–H and O–H groups in total. The van der Waals surface area contributed by atoms with E-state index in [1.165, 1.54) is 11.3 Å². The lowest BCUT2D eigenvalue weighted by atomic mass is 10.3. The zero-order chi connectivity index (χ0) is 11.1. The van der Waals surface area contributed by atoms with Crippen molar-refractivity contribution in [2.75, 3.05) is 5.32 Å². The predicted molar refractivity (Wildman–Crippen MR) is 62.1 cm³/mol. The fourth-order valence-electron chi connectivity index (χ4n) is 1.14. The van der Waals surface area contributed by atoms with Crippen LogP contribution in [0.3, 0.4) is 0 Å². The standard InChI is InChI=1S/C10H17N3OS/c1-3-5-7-9-12-13-10(15-9)11-8(14)6-4-2/h3-7H2,1-2H3,(H,11,13,14). The van der Waals surface area contributed by atoms with E-state index in [-0.39, 0.29) is 5.91 Å². The van der Waals surface area contributed by atoms with Crippen LogP contribution in [0.2, 0.25) is 0 Å². The van der Waals surface area contributed by atoms with E-state index in [4.69, 9.17) is 0 Å². The third kappa shape index (κ3) is 4.38. The van der Waals surface area contributed by atoms with Crippen molar-refractivity contribution >= 4 is 22.4 Å². The van der Waals surface area contributed by atoms with Crippen molar-refractivity contribution in [2.45, 2.75) is 46.0 Å². The lowest BCUT2D eigenvalue weighted by molar-refractivity contribution is -0.116. The summed E-state index contributed by atoms with van der Waals surface area (Å²) in [6, 6.07) is 0. The number of amides is 1. The molecule has 84 valence electrons. The minimum atomic E-state index is 0.0238. The highest BCUT2D eigenvalue weighted by Gasteiger charge is 2.06. The van der Waals surface area contributed by atoms with Crippen LogP contribution < -0.4 is 5.32 Å². The number of hydrogen-bond acceptors (Lipinski definition) is 4. The van der Waals surface area contributed by atoms with E-state index >= 15 is 0 Å². The summed E-state index contributed by atoms with van der Waals surface area (Å²) in [6.07, 6.45) is 4.63. The van der Waals surface area contributed by atoms with Gasteiger partial charge in [-0.25, -0.2) is 0 Å². The van der Waals surface area contributed by atoms with Gasteiger partial charge in [-0.3, -0.25) is 4.79 Å². The van der Waals surface area contributed by atoms with Crippen LogP contribution in [-0.2, 0) is 11.2 Å². The van der Waals surface area contributed by atoms with Crippen molar-refractivity contribution in [1.29, 1.82) is 0 Å². The van der Waals surface area contributed by atoms with Crippen LogP contribution >= 0.6 is 11.3 Å². The molecule has 0 unspecified atom stereocenters.